The molecule has 88 valence electrons. The monoisotopic (exact) mass is 213 g/mol. The molecule has 2 N–H and O–H groups in total. The highest BCUT2D eigenvalue weighted by Gasteiger charge is 2.41. The SMILES string of the molecule is NCCC1(COCC2CCCCO2)CC1. The van der Waals surface area contributed by atoms with Gasteiger partial charge in [0.1, 0.15) is 0 Å². The van der Waals surface area contributed by atoms with E-state index in [-0.39, 0.29) is 0 Å². The van der Waals surface area contributed by atoms with Crippen molar-refractivity contribution in [2.45, 2.75) is 44.6 Å². The van der Waals surface area contributed by atoms with Gasteiger partial charge in [0.15, 0.2) is 0 Å². The van der Waals surface area contributed by atoms with Crippen LogP contribution in [-0.2, 0) is 9.47 Å². The van der Waals surface area contributed by atoms with Crippen LogP contribution in [0.3, 0.4) is 0 Å². The Labute approximate surface area is 92.3 Å². The Kier molecular flexibility index (Phi) is 4.00. The zero-order valence-electron chi connectivity index (χ0n) is 9.54. The van der Waals surface area contributed by atoms with Gasteiger partial charge in [-0.25, -0.2) is 0 Å². The second-order valence-electron chi connectivity index (χ2n) is 5.04. The van der Waals surface area contributed by atoms with Crippen molar-refractivity contribution < 1.29 is 9.47 Å². The van der Waals surface area contributed by atoms with Gasteiger partial charge in [-0.1, -0.05) is 0 Å². The van der Waals surface area contributed by atoms with E-state index in [0.29, 0.717) is 11.5 Å². The van der Waals surface area contributed by atoms with Gasteiger partial charge in [0, 0.05) is 6.61 Å². The van der Waals surface area contributed by atoms with Crippen molar-refractivity contribution >= 4 is 0 Å². The standard InChI is InChI=1S/C12H23NO2/c13-7-6-12(4-5-12)10-14-9-11-3-1-2-8-15-11/h11H,1-10,13H2. The van der Waals surface area contributed by atoms with Crippen molar-refractivity contribution in [1.29, 1.82) is 0 Å². The van der Waals surface area contributed by atoms with Gasteiger partial charge in [0.05, 0.1) is 19.3 Å². The van der Waals surface area contributed by atoms with E-state index in [2.05, 4.69) is 0 Å². The molecule has 2 fully saturated rings. The summed E-state index contributed by atoms with van der Waals surface area (Å²) < 4.78 is 11.4. The molecule has 0 aromatic heterocycles. The van der Waals surface area contributed by atoms with E-state index in [1.807, 2.05) is 0 Å². The number of hydrogen-bond donors (Lipinski definition) is 1. The first-order valence-corrected chi connectivity index (χ1v) is 6.24. The smallest absolute Gasteiger partial charge is 0.0808 e. The van der Waals surface area contributed by atoms with Crippen LogP contribution in [0, 0.1) is 5.41 Å². The van der Waals surface area contributed by atoms with E-state index in [1.165, 1.54) is 32.1 Å². The summed E-state index contributed by atoms with van der Waals surface area (Å²) in [6.45, 7) is 3.39. The lowest BCUT2D eigenvalue weighted by molar-refractivity contribution is -0.0492. The Balaban J connectivity index is 1.58. The molecule has 2 aliphatic rings. The van der Waals surface area contributed by atoms with E-state index < -0.39 is 0 Å². The Morgan fingerprint density at radius 2 is 2.20 bits per heavy atom. The Hall–Kier alpha value is -0.120. The zero-order valence-corrected chi connectivity index (χ0v) is 9.54. The number of hydrogen-bond acceptors (Lipinski definition) is 3. The highest BCUT2D eigenvalue weighted by atomic mass is 16.5. The molecule has 0 aromatic carbocycles. The van der Waals surface area contributed by atoms with Crippen molar-refractivity contribution in [3.63, 3.8) is 0 Å². The number of rotatable bonds is 6. The van der Waals surface area contributed by atoms with E-state index in [1.54, 1.807) is 0 Å². The van der Waals surface area contributed by atoms with Crippen LogP contribution >= 0.6 is 0 Å². The molecule has 1 unspecified atom stereocenters. The van der Waals surface area contributed by atoms with Crippen molar-refractivity contribution in [1.82, 2.24) is 0 Å². The molecule has 0 radical (unpaired) electrons. The lowest BCUT2D eigenvalue weighted by Gasteiger charge is -2.23. The Morgan fingerprint density at radius 1 is 1.33 bits per heavy atom. The quantitative estimate of drug-likeness (QED) is 0.730. The molecule has 1 aliphatic heterocycles. The molecule has 1 aliphatic carbocycles. The third-order valence-corrected chi connectivity index (χ3v) is 3.62. The van der Waals surface area contributed by atoms with Crippen molar-refractivity contribution in [3.8, 4) is 0 Å². The average Bonchev–Trinajstić information content (AvgIpc) is 3.00. The third kappa shape index (κ3) is 3.44. The van der Waals surface area contributed by atoms with Crippen LogP contribution in [0.2, 0.25) is 0 Å². The molecule has 0 aromatic rings. The third-order valence-electron chi connectivity index (χ3n) is 3.62. The summed E-state index contributed by atoms with van der Waals surface area (Å²) in [7, 11) is 0. The molecule has 1 heterocycles. The fourth-order valence-corrected chi connectivity index (χ4v) is 2.30. The Morgan fingerprint density at radius 3 is 2.80 bits per heavy atom. The summed E-state index contributed by atoms with van der Waals surface area (Å²) in [5.74, 6) is 0. The van der Waals surface area contributed by atoms with Gasteiger partial charge in [-0.2, -0.15) is 0 Å². The van der Waals surface area contributed by atoms with E-state index in [9.17, 15) is 0 Å². The van der Waals surface area contributed by atoms with Gasteiger partial charge >= 0.3 is 0 Å². The molecule has 2 rings (SSSR count). The molecule has 1 saturated carbocycles. The molecule has 3 heteroatoms. The van der Waals surface area contributed by atoms with Gasteiger partial charge in [-0.05, 0) is 50.5 Å². The summed E-state index contributed by atoms with van der Waals surface area (Å²) in [4.78, 5) is 0. The molecule has 15 heavy (non-hydrogen) atoms. The predicted octanol–water partition coefficient (Wildman–Crippen LogP) is 1.70. The Bertz CT molecular complexity index is 186. The van der Waals surface area contributed by atoms with Crippen molar-refractivity contribution in [2.75, 3.05) is 26.4 Å². The molecule has 3 nitrogen and oxygen atoms in total. The lowest BCUT2D eigenvalue weighted by Crippen LogP contribution is -2.26. The largest absolute Gasteiger partial charge is 0.378 e. The topological polar surface area (TPSA) is 44.5 Å². The average molecular weight is 213 g/mol. The van der Waals surface area contributed by atoms with Crippen LogP contribution in [0.1, 0.15) is 38.5 Å². The van der Waals surface area contributed by atoms with Crippen LogP contribution < -0.4 is 5.73 Å². The van der Waals surface area contributed by atoms with E-state index in [4.69, 9.17) is 15.2 Å². The second-order valence-corrected chi connectivity index (χ2v) is 5.04. The van der Waals surface area contributed by atoms with Crippen LogP contribution in [0.4, 0.5) is 0 Å². The van der Waals surface area contributed by atoms with Crippen molar-refractivity contribution in [3.05, 3.63) is 0 Å². The fourth-order valence-electron chi connectivity index (χ4n) is 2.30. The van der Waals surface area contributed by atoms with Gasteiger partial charge in [0.25, 0.3) is 0 Å². The minimum Gasteiger partial charge on any atom is -0.378 e. The van der Waals surface area contributed by atoms with E-state index >= 15 is 0 Å². The van der Waals surface area contributed by atoms with Crippen LogP contribution in [0.5, 0.6) is 0 Å². The first kappa shape index (κ1) is 11.4. The molecule has 1 atom stereocenters. The normalized spacial score (nSPS) is 29.0. The summed E-state index contributed by atoms with van der Waals surface area (Å²) in [6, 6.07) is 0. The first-order valence-electron chi connectivity index (χ1n) is 6.24. The zero-order chi connectivity index (χ0) is 10.6. The number of nitrogens with two attached hydrogens (primary N) is 1. The lowest BCUT2D eigenvalue weighted by atomic mass is 10.0. The molecule has 1 saturated heterocycles. The predicted molar refractivity (Wildman–Crippen MR) is 59.7 cm³/mol. The van der Waals surface area contributed by atoms with Gasteiger partial charge < -0.3 is 15.2 Å². The van der Waals surface area contributed by atoms with Crippen molar-refractivity contribution in [2.24, 2.45) is 11.1 Å². The maximum absolute atomic E-state index is 5.77. The molecule has 0 amide bonds. The first-order chi connectivity index (χ1) is 7.35. The second kappa shape index (κ2) is 5.28. The van der Waals surface area contributed by atoms with Crippen LogP contribution in [-0.4, -0.2) is 32.5 Å². The summed E-state index contributed by atoms with van der Waals surface area (Å²) in [6.07, 6.45) is 7.76. The highest BCUT2D eigenvalue weighted by molar-refractivity contribution is 4.93. The van der Waals surface area contributed by atoms with Gasteiger partial charge in [-0.15, -0.1) is 0 Å². The summed E-state index contributed by atoms with van der Waals surface area (Å²) >= 11 is 0. The van der Waals surface area contributed by atoms with E-state index in [0.717, 1.165) is 32.8 Å². The maximum atomic E-state index is 5.77. The maximum Gasteiger partial charge on any atom is 0.0808 e. The summed E-state index contributed by atoms with van der Waals surface area (Å²) in [5.41, 5.74) is 6.04. The molecular formula is C12H23NO2. The fraction of sp³-hybridized carbons (Fsp3) is 1.00. The van der Waals surface area contributed by atoms with Gasteiger partial charge in [0.2, 0.25) is 0 Å². The van der Waals surface area contributed by atoms with Crippen LogP contribution in [0.25, 0.3) is 0 Å². The molecular weight excluding hydrogens is 190 g/mol. The molecule has 0 bridgehead atoms. The minimum absolute atomic E-state index is 0.354. The minimum atomic E-state index is 0.354. The van der Waals surface area contributed by atoms with Crippen LogP contribution in [0.15, 0.2) is 0 Å². The highest BCUT2D eigenvalue weighted by Crippen LogP contribution is 2.48. The summed E-state index contributed by atoms with van der Waals surface area (Å²) in [5, 5.41) is 0. The van der Waals surface area contributed by atoms with Gasteiger partial charge in [-0.3, -0.25) is 0 Å². The molecule has 0 spiro atoms. The number of ether oxygens (including phenoxy) is 2.